The van der Waals surface area contributed by atoms with E-state index in [2.05, 4.69) is 5.32 Å². The van der Waals surface area contributed by atoms with E-state index >= 15 is 0 Å². The first-order chi connectivity index (χ1) is 4.14. The molecular weight excluding hydrogens is 128 g/mol. The Labute approximate surface area is 51.2 Å². The van der Waals surface area contributed by atoms with Crippen LogP contribution in [0.1, 0.15) is 12.8 Å². The first kappa shape index (κ1) is 6.45. The third kappa shape index (κ3) is 1.37. The first-order valence-electron chi connectivity index (χ1n) is 2.71. The van der Waals surface area contributed by atoms with Gasteiger partial charge in [-0.15, -0.1) is 0 Å². The highest BCUT2D eigenvalue weighted by molar-refractivity contribution is 5.47. The van der Waals surface area contributed by atoms with Crippen LogP contribution in [0.2, 0.25) is 0 Å². The molecule has 1 aliphatic carbocycles. The van der Waals surface area contributed by atoms with E-state index in [1.54, 1.807) is 0 Å². The zero-order valence-electron chi connectivity index (χ0n) is 4.73. The van der Waals surface area contributed by atoms with Crippen molar-refractivity contribution in [2.75, 3.05) is 0 Å². The Kier molecular flexibility index (Phi) is 1.38. The summed E-state index contributed by atoms with van der Waals surface area (Å²) in [6.45, 7) is 0. The van der Waals surface area contributed by atoms with Crippen LogP contribution >= 0.6 is 0 Å². The standard InChI is InChI=1S/C5H7F2NO/c6-5(7)1-4(2-5)8-3-9/h3-4H,1-2H2,(H,8,9). The van der Waals surface area contributed by atoms with Crippen molar-refractivity contribution in [3.8, 4) is 0 Å². The number of hydrogen-bond donors (Lipinski definition) is 1. The molecule has 1 rings (SSSR count). The minimum Gasteiger partial charge on any atom is -0.355 e. The monoisotopic (exact) mass is 135 g/mol. The normalized spacial score (nSPS) is 24.7. The van der Waals surface area contributed by atoms with Gasteiger partial charge in [-0.25, -0.2) is 8.78 Å². The number of amides is 1. The van der Waals surface area contributed by atoms with E-state index in [0.29, 0.717) is 6.41 Å². The molecule has 0 saturated heterocycles. The van der Waals surface area contributed by atoms with Crippen LogP contribution in [0.4, 0.5) is 8.78 Å². The Hall–Kier alpha value is -0.670. The SMILES string of the molecule is O=CNC1CC(F)(F)C1. The summed E-state index contributed by atoms with van der Waals surface area (Å²) >= 11 is 0. The van der Waals surface area contributed by atoms with Crippen molar-refractivity contribution < 1.29 is 13.6 Å². The van der Waals surface area contributed by atoms with Crippen LogP contribution < -0.4 is 5.32 Å². The Bertz CT molecular complexity index is 118. The summed E-state index contributed by atoms with van der Waals surface area (Å²) in [5.41, 5.74) is 0. The summed E-state index contributed by atoms with van der Waals surface area (Å²) in [5.74, 6) is -2.53. The molecule has 1 N–H and O–H groups in total. The molecule has 0 spiro atoms. The lowest BCUT2D eigenvalue weighted by Crippen LogP contribution is -2.47. The van der Waals surface area contributed by atoms with Crippen LogP contribution in [-0.2, 0) is 4.79 Å². The molecule has 4 heteroatoms. The van der Waals surface area contributed by atoms with Gasteiger partial charge in [0.05, 0.1) is 0 Å². The molecule has 0 bridgehead atoms. The van der Waals surface area contributed by atoms with E-state index in [-0.39, 0.29) is 18.9 Å². The quantitative estimate of drug-likeness (QED) is 0.550. The van der Waals surface area contributed by atoms with Crippen molar-refractivity contribution in [1.82, 2.24) is 5.32 Å². The number of carbonyl (C=O) groups excluding carboxylic acids is 1. The van der Waals surface area contributed by atoms with E-state index in [0.717, 1.165) is 0 Å². The maximum Gasteiger partial charge on any atom is 0.252 e. The number of halogens is 2. The third-order valence-corrected chi connectivity index (χ3v) is 1.39. The maximum atomic E-state index is 12.0. The van der Waals surface area contributed by atoms with Crippen LogP contribution in [0, 0.1) is 0 Å². The zero-order chi connectivity index (χ0) is 6.91. The zero-order valence-corrected chi connectivity index (χ0v) is 4.73. The second kappa shape index (κ2) is 1.93. The topological polar surface area (TPSA) is 29.1 Å². The summed E-state index contributed by atoms with van der Waals surface area (Å²) in [4.78, 5) is 9.66. The molecule has 1 aliphatic rings. The molecule has 0 aromatic carbocycles. The summed E-state index contributed by atoms with van der Waals surface area (Å²) in [7, 11) is 0. The summed E-state index contributed by atoms with van der Waals surface area (Å²) < 4.78 is 23.9. The molecule has 0 aromatic heterocycles. The molecule has 0 unspecified atom stereocenters. The number of rotatable bonds is 2. The minimum atomic E-state index is -2.53. The highest BCUT2D eigenvalue weighted by atomic mass is 19.3. The molecule has 0 radical (unpaired) electrons. The fraction of sp³-hybridized carbons (Fsp3) is 0.800. The van der Waals surface area contributed by atoms with E-state index in [9.17, 15) is 13.6 Å². The molecule has 52 valence electrons. The van der Waals surface area contributed by atoms with Crippen LogP contribution in [0.15, 0.2) is 0 Å². The summed E-state index contributed by atoms with van der Waals surface area (Å²) in [5, 5.41) is 2.28. The van der Waals surface area contributed by atoms with Crippen molar-refractivity contribution >= 4 is 6.41 Å². The number of hydrogen-bond acceptors (Lipinski definition) is 1. The van der Waals surface area contributed by atoms with Gasteiger partial charge in [0, 0.05) is 18.9 Å². The van der Waals surface area contributed by atoms with Crippen LogP contribution in [0.5, 0.6) is 0 Å². The summed E-state index contributed by atoms with van der Waals surface area (Å²) in [6.07, 6.45) is 0.0530. The molecular formula is C5H7F2NO. The molecule has 0 heterocycles. The van der Waals surface area contributed by atoms with E-state index in [1.165, 1.54) is 0 Å². The lowest BCUT2D eigenvalue weighted by atomic mass is 9.88. The van der Waals surface area contributed by atoms with Crippen LogP contribution in [-0.4, -0.2) is 18.4 Å². The largest absolute Gasteiger partial charge is 0.355 e. The van der Waals surface area contributed by atoms with E-state index in [1.807, 2.05) is 0 Å². The Morgan fingerprint density at radius 1 is 1.56 bits per heavy atom. The second-order valence-corrected chi connectivity index (χ2v) is 2.25. The minimum absolute atomic E-state index is 0.203. The fourth-order valence-electron chi connectivity index (χ4n) is 0.875. The molecule has 2 nitrogen and oxygen atoms in total. The molecule has 1 saturated carbocycles. The third-order valence-electron chi connectivity index (χ3n) is 1.39. The van der Waals surface area contributed by atoms with Gasteiger partial charge in [0.15, 0.2) is 0 Å². The fourth-order valence-corrected chi connectivity index (χ4v) is 0.875. The number of alkyl halides is 2. The summed E-state index contributed by atoms with van der Waals surface area (Å²) in [6, 6.07) is -0.294. The Morgan fingerprint density at radius 3 is 2.44 bits per heavy atom. The highest BCUT2D eigenvalue weighted by Crippen LogP contribution is 2.36. The first-order valence-corrected chi connectivity index (χ1v) is 2.71. The van der Waals surface area contributed by atoms with Gasteiger partial charge in [-0.1, -0.05) is 0 Å². The highest BCUT2D eigenvalue weighted by Gasteiger charge is 2.44. The molecule has 0 aromatic rings. The van der Waals surface area contributed by atoms with Crippen molar-refractivity contribution in [3.05, 3.63) is 0 Å². The Balaban J connectivity index is 2.19. The Morgan fingerprint density at radius 2 is 2.11 bits per heavy atom. The van der Waals surface area contributed by atoms with Crippen molar-refractivity contribution in [1.29, 1.82) is 0 Å². The average Bonchev–Trinajstić information content (AvgIpc) is 1.62. The van der Waals surface area contributed by atoms with Gasteiger partial charge < -0.3 is 5.32 Å². The van der Waals surface area contributed by atoms with Gasteiger partial charge in [0.2, 0.25) is 6.41 Å². The molecule has 1 fully saturated rings. The molecule has 9 heavy (non-hydrogen) atoms. The predicted molar refractivity (Wildman–Crippen MR) is 27.2 cm³/mol. The maximum absolute atomic E-state index is 12.0. The second-order valence-electron chi connectivity index (χ2n) is 2.25. The average molecular weight is 135 g/mol. The van der Waals surface area contributed by atoms with Crippen molar-refractivity contribution in [2.24, 2.45) is 0 Å². The number of carbonyl (C=O) groups is 1. The lowest BCUT2D eigenvalue weighted by molar-refractivity contribution is -0.118. The smallest absolute Gasteiger partial charge is 0.252 e. The number of nitrogens with one attached hydrogen (secondary N) is 1. The molecule has 0 atom stereocenters. The van der Waals surface area contributed by atoms with E-state index in [4.69, 9.17) is 0 Å². The van der Waals surface area contributed by atoms with Gasteiger partial charge >= 0.3 is 0 Å². The van der Waals surface area contributed by atoms with Gasteiger partial charge in [-0.05, 0) is 0 Å². The van der Waals surface area contributed by atoms with Crippen LogP contribution in [0.25, 0.3) is 0 Å². The van der Waals surface area contributed by atoms with Crippen molar-refractivity contribution in [3.63, 3.8) is 0 Å². The van der Waals surface area contributed by atoms with Gasteiger partial charge in [-0.2, -0.15) is 0 Å². The predicted octanol–water partition coefficient (Wildman–Crippen LogP) is 0.530. The van der Waals surface area contributed by atoms with Gasteiger partial charge in [-0.3, -0.25) is 4.79 Å². The van der Waals surface area contributed by atoms with Crippen molar-refractivity contribution in [2.45, 2.75) is 24.8 Å². The van der Waals surface area contributed by atoms with Gasteiger partial charge in [0.1, 0.15) is 0 Å². The molecule has 1 amide bonds. The van der Waals surface area contributed by atoms with E-state index < -0.39 is 5.92 Å². The molecule has 0 aliphatic heterocycles. The van der Waals surface area contributed by atoms with Gasteiger partial charge in [0.25, 0.3) is 5.92 Å². The van der Waals surface area contributed by atoms with Crippen LogP contribution in [0.3, 0.4) is 0 Å². The lowest BCUT2D eigenvalue weighted by Gasteiger charge is -2.34.